The summed E-state index contributed by atoms with van der Waals surface area (Å²) in [6.45, 7) is 0.121. The number of nitrogens with one attached hydrogen (secondary N) is 1. The zero-order valence-corrected chi connectivity index (χ0v) is 12.1. The number of nitrogen functional groups attached to an aromatic ring is 1. The van der Waals surface area contributed by atoms with Crippen molar-refractivity contribution in [1.29, 1.82) is 0 Å². The van der Waals surface area contributed by atoms with Gasteiger partial charge in [0.15, 0.2) is 0 Å². The number of carbonyl (C=O) groups is 1. The summed E-state index contributed by atoms with van der Waals surface area (Å²) in [5, 5.41) is 7.36. The molecule has 1 aromatic heterocycles. The minimum atomic E-state index is -0.168. The number of hydrogen-bond acceptors (Lipinski definition) is 3. The van der Waals surface area contributed by atoms with E-state index in [0.29, 0.717) is 10.8 Å². The quantitative estimate of drug-likeness (QED) is 0.808. The maximum absolute atomic E-state index is 11.8. The van der Waals surface area contributed by atoms with Crippen LogP contribution in [0, 0.1) is 3.57 Å². The highest BCUT2D eigenvalue weighted by Gasteiger charge is 2.07. The van der Waals surface area contributed by atoms with Crippen LogP contribution in [0.1, 0.15) is 0 Å². The molecule has 0 aliphatic heterocycles. The lowest BCUT2D eigenvalue weighted by Gasteiger charge is -2.07. The van der Waals surface area contributed by atoms with Crippen LogP contribution in [0.15, 0.2) is 30.5 Å². The average molecular weight is 377 g/mol. The first-order valence-corrected chi connectivity index (χ1v) is 6.54. The number of rotatable bonds is 3. The van der Waals surface area contributed by atoms with Gasteiger partial charge in [-0.2, -0.15) is 5.10 Å². The summed E-state index contributed by atoms with van der Waals surface area (Å²) in [5.41, 5.74) is 6.20. The summed E-state index contributed by atoms with van der Waals surface area (Å²) >= 11 is 7.95. The highest BCUT2D eigenvalue weighted by Crippen LogP contribution is 2.22. The molecule has 1 heterocycles. The molecule has 2 aromatic rings. The van der Waals surface area contributed by atoms with Gasteiger partial charge in [0.05, 0.1) is 5.69 Å². The van der Waals surface area contributed by atoms with Gasteiger partial charge in [-0.25, -0.2) is 0 Å². The van der Waals surface area contributed by atoms with Crippen molar-refractivity contribution in [2.45, 2.75) is 6.54 Å². The van der Waals surface area contributed by atoms with Crippen LogP contribution in [-0.4, -0.2) is 15.7 Å². The molecule has 3 N–H and O–H groups in total. The molecular weight excluding hydrogens is 367 g/mol. The lowest BCUT2D eigenvalue weighted by Crippen LogP contribution is -2.19. The molecule has 1 aromatic carbocycles. The smallest absolute Gasteiger partial charge is 0.246 e. The first-order chi connectivity index (χ1) is 8.54. The van der Waals surface area contributed by atoms with E-state index < -0.39 is 0 Å². The van der Waals surface area contributed by atoms with Crippen LogP contribution in [0.5, 0.6) is 0 Å². The Hall–Kier alpha value is -1.28. The molecule has 0 spiro atoms. The number of nitrogens with zero attached hydrogens (tertiary/aromatic N) is 2. The number of anilines is 2. The predicted octanol–water partition coefficient (Wildman–Crippen LogP) is 2.36. The molecule has 0 aliphatic carbocycles. The fraction of sp³-hybridized carbons (Fsp3) is 0.0909. The molecule has 0 atom stereocenters. The van der Waals surface area contributed by atoms with Crippen molar-refractivity contribution in [3.05, 3.63) is 39.1 Å². The largest absolute Gasteiger partial charge is 0.382 e. The first kappa shape index (κ1) is 13.2. The third-order valence-electron chi connectivity index (χ3n) is 2.17. The molecule has 0 bridgehead atoms. The Morgan fingerprint density at radius 3 is 2.89 bits per heavy atom. The van der Waals surface area contributed by atoms with Gasteiger partial charge in [-0.3, -0.25) is 9.48 Å². The SMILES string of the molecule is Nc1ccn(CC(=O)Nc2ccc(Cl)cc2I)n1. The van der Waals surface area contributed by atoms with Crippen molar-refractivity contribution in [3.8, 4) is 0 Å². The third kappa shape index (κ3) is 3.36. The topological polar surface area (TPSA) is 72.9 Å². The second kappa shape index (κ2) is 5.57. The summed E-state index contributed by atoms with van der Waals surface area (Å²) in [7, 11) is 0. The van der Waals surface area contributed by atoms with Gasteiger partial charge in [0.25, 0.3) is 0 Å². The van der Waals surface area contributed by atoms with Crippen LogP contribution < -0.4 is 11.1 Å². The number of amides is 1. The second-order valence-electron chi connectivity index (χ2n) is 3.61. The van der Waals surface area contributed by atoms with E-state index in [9.17, 15) is 4.79 Å². The summed E-state index contributed by atoms with van der Waals surface area (Å²) < 4.78 is 2.36. The molecular formula is C11H10ClIN4O. The van der Waals surface area contributed by atoms with Crippen LogP contribution in [0.4, 0.5) is 11.5 Å². The van der Waals surface area contributed by atoms with Crippen LogP contribution in [0.25, 0.3) is 0 Å². The lowest BCUT2D eigenvalue weighted by molar-refractivity contribution is -0.116. The Morgan fingerprint density at radius 2 is 2.28 bits per heavy atom. The van der Waals surface area contributed by atoms with Crippen molar-refractivity contribution < 1.29 is 4.79 Å². The lowest BCUT2D eigenvalue weighted by atomic mass is 10.3. The fourth-order valence-electron chi connectivity index (χ4n) is 1.39. The number of benzene rings is 1. The molecule has 0 radical (unpaired) electrons. The number of hydrogen-bond donors (Lipinski definition) is 2. The minimum absolute atomic E-state index is 0.121. The van der Waals surface area contributed by atoms with E-state index in [4.69, 9.17) is 17.3 Å². The van der Waals surface area contributed by atoms with Gasteiger partial charge >= 0.3 is 0 Å². The van der Waals surface area contributed by atoms with E-state index in [1.807, 2.05) is 0 Å². The highest BCUT2D eigenvalue weighted by molar-refractivity contribution is 14.1. The second-order valence-corrected chi connectivity index (χ2v) is 5.21. The van der Waals surface area contributed by atoms with Crippen LogP contribution >= 0.6 is 34.2 Å². The van der Waals surface area contributed by atoms with E-state index >= 15 is 0 Å². The maximum Gasteiger partial charge on any atom is 0.246 e. The molecule has 1 amide bonds. The molecule has 0 saturated heterocycles. The van der Waals surface area contributed by atoms with Crippen LogP contribution in [0.3, 0.4) is 0 Å². The van der Waals surface area contributed by atoms with E-state index in [2.05, 4.69) is 33.0 Å². The third-order valence-corrected chi connectivity index (χ3v) is 3.30. The number of aromatic nitrogens is 2. The van der Waals surface area contributed by atoms with E-state index in [0.717, 1.165) is 9.26 Å². The molecule has 18 heavy (non-hydrogen) atoms. The van der Waals surface area contributed by atoms with Gasteiger partial charge in [0.1, 0.15) is 12.4 Å². The summed E-state index contributed by atoms with van der Waals surface area (Å²) in [6, 6.07) is 6.91. The zero-order chi connectivity index (χ0) is 13.1. The molecule has 2 rings (SSSR count). The summed E-state index contributed by atoms with van der Waals surface area (Å²) in [5.74, 6) is 0.224. The normalized spacial score (nSPS) is 10.3. The number of nitrogens with two attached hydrogens (primary N) is 1. The van der Waals surface area contributed by atoms with Crippen molar-refractivity contribution >= 4 is 51.6 Å². The van der Waals surface area contributed by atoms with Gasteiger partial charge < -0.3 is 11.1 Å². The Morgan fingerprint density at radius 1 is 1.50 bits per heavy atom. The molecule has 7 heteroatoms. The van der Waals surface area contributed by atoms with Gasteiger partial charge in [-0.1, -0.05) is 11.6 Å². The standard InChI is InChI=1S/C11H10ClIN4O/c12-7-1-2-9(8(13)5-7)15-11(18)6-17-4-3-10(14)16-17/h1-5H,6H2,(H2,14,16)(H,15,18). The summed E-state index contributed by atoms with van der Waals surface area (Å²) in [6.07, 6.45) is 1.65. The van der Waals surface area contributed by atoms with E-state index in [1.165, 1.54) is 4.68 Å². The zero-order valence-electron chi connectivity index (χ0n) is 9.23. The Balaban J connectivity index is 2.03. The number of halogens is 2. The Bertz CT molecular complexity index is 584. The molecule has 0 aliphatic rings. The molecule has 94 valence electrons. The first-order valence-electron chi connectivity index (χ1n) is 5.08. The van der Waals surface area contributed by atoms with Gasteiger partial charge in [-0.05, 0) is 46.9 Å². The fourth-order valence-corrected chi connectivity index (χ4v) is 2.40. The van der Waals surface area contributed by atoms with Crippen molar-refractivity contribution in [3.63, 3.8) is 0 Å². The highest BCUT2D eigenvalue weighted by atomic mass is 127. The predicted molar refractivity (Wildman–Crippen MR) is 79.4 cm³/mol. The molecule has 0 unspecified atom stereocenters. The number of carbonyl (C=O) groups excluding carboxylic acids is 1. The molecule has 0 fully saturated rings. The Kier molecular flexibility index (Phi) is 4.07. The van der Waals surface area contributed by atoms with E-state index in [-0.39, 0.29) is 12.5 Å². The van der Waals surface area contributed by atoms with Crippen LogP contribution in [-0.2, 0) is 11.3 Å². The van der Waals surface area contributed by atoms with Crippen molar-refractivity contribution in [1.82, 2.24) is 9.78 Å². The summed E-state index contributed by atoms with van der Waals surface area (Å²) in [4.78, 5) is 11.8. The van der Waals surface area contributed by atoms with Crippen molar-refractivity contribution in [2.75, 3.05) is 11.1 Å². The minimum Gasteiger partial charge on any atom is -0.382 e. The maximum atomic E-state index is 11.8. The van der Waals surface area contributed by atoms with Gasteiger partial charge in [0, 0.05) is 14.8 Å². The van der Waals surface area contributed by atoms with Gasteiger partial charge in [0.2, 0.25) is 5.91 Å². The van der Waals surface area contributed by atoms with Gasteiger partial charge in [-0.15, -0.1) is 0 Å². The average Bonchev–Trinajstić information content (AvgIpc) is 2.68. The molecule has 0 saturated carbocycles. The van der Waals surface area contributed by atoms with E-state index in [1.54, 1.807) is 30.5 Å². The molecule has 5 nitrogen and oxygen atoms in total. The monoisotopic (exact) mass is 376 g/mol. The Labute approximate surface area is 122 Å². The van der Waals surface area contributed by atoms with Crippen molar-refractivity contribution in [2.24, 2.45) is 0 Å². The van der Waals surface area contributed by atoms with Crippen LogP contribution in [0.2, 0.25) is 5.02 Å².